The third-order valence-corrected chi connectivity index (χ3v) is 5.12. The van der Waals surface area contributed by atoms with Gasteiger partial charge in [0.05, 0.1) is 12.4 Å². The minimum absolute atomic E-state index is 0.121. The van der Waals surface area contributed by atoms with Crippen LogP contribution in [0.3, 0.4) is 0 Å². The molecule has 11 heteroatoms. The molecule has 0 radical (unpaired) electrons. The zero-order chi connectivity index (χ0) is 27.2. The Morgan fingerprint density at radius 1 is 0.816 bits per heavy atom. The first-order valence-corrected chi connectivity index (χ1v) is 12.3. The van der Waals surface area contributed by atoms with E-state index in [9.17, 15) is 10.2 Å². The van der Waals surface area contributed by atoms with Crippen molar-refractivity contribution < 1.29 is 33.4 Å². The molecule has 2 aliphatic rings. The van der Waals surface area contributed by atoms with Gasteiger partial charge in [-0.05, 0) is 40.4 Å². The topological polar surface area (TPSA) is 137 Å². The first-order valence-electron chi connectivity index (χ1n) is 11.0. The molecule has 2 heterocycles. The first-order chi connectivity index (χ1) is 18.6. The summed E-state index contributed by atoms with van der Waals surface area (Å²) in [4.78, 5) is 0. The van der Waals surface area contributed by atoms with Gasteiger partial charge in [0, 0.05) is 5.56 Å². The molecule has 0 bridgehead atoms. The van der Waals surface area contributed by atoms with E-state index in [2.05, 4.69) is 56.0 Å². The van der Waals surface area contributed by atoms with Crippen LogP contribution in [-0.4, -0.2) is 22.6 Å². The Kier molecular flexibility index (Phi) is 11.1. The number of hydrazone groups is 2. The molecule has 3 aromatic carbocycles. The number of benzene rings is 3. The van der Waals surface area contributed by atoms with Crippen LogP contribution >= 0.6 is 12.2 Å². The van der Waals surface area contributed by atoms with Gasteiger partial charge in [0.1, 0.15) is 5.75 Å². The molecule has 3 N–H and O–H groups in total. The number of thiocarbonyl (C=S) groups is 1. The number of nitrogens with zero attached hydrogens (tertiary/aromatic N) is 4. The van der Waals surface area contributed by atoms with Crippen molar-refractivity contribution in [1.82, 2.24) is 10.9 Å². The summed E-state index contributed by atoms with van der Waals surface area (Å²) in [6.45, 7) is 0. The van der Waals surface area contributed by atoms with Gasteiger partial charge in [-0.2, -0.15) is 22.6 Å². The Balaban J connectivity index is 0.000000213. The molecular formula is C27H21MoN6O3S-3. The third kappa shape index (κ3) is 8.06. The van der Waals surface area contributed by atoms with Crippen LogP contribution in [0.5, 0.6) is 11.5 Å². The molecule has 0 fully saturated rings. The van der Waals surface area contributed by atoms with Crippen LogP contribution in [0.4, 0.5) is 11.4 Å². The number of allylic oxidation sites excluding steroid dienone is 2. The van der Waals surface area contributed by atoms with E-state index in [1.165, 1.54) is 18.5 Å². The molecule has 2 aliphatic heterocycles. The average molecular weight is 606 g/mol. The first kappa shape index (κ1) is 28.2. The van der Waals surface area contributed by atoms with Gasteiger partial charge in [0.15, 0.2) is 0 Å². The van der Waals surface area contributed by atoms with Crippen LogP contribution in [0.15, 0.2) is 95.4 Å². The molecule has 3 aromatic rings. The number of phenolic OH excluding ortho intramolecular Hbond substituents is 1. The molecule has 9 nitrogen and oxygen atoms in total. The summed E-state index contributed by atoms with van der Waals surface area (Å²) in [6.07, 6.45) is 14.4. The summed E-state index contributed by atoms with van der Waals surface area (Å²) in [5.41, 5.74) is 8.05. The van der Waals surface area contributed by atoms with Crippen molar-refractivity contribution in [1.29, 1.82) is 0 Å². The fourth-order valence-electron chi connectivity index (χ4n) is 3.21. The second kappa shape index (κ2) is 15.0. The SMILES string of the molecule is C1=C[N-]c2c3c(ccc2=C1)=CC=C[N-]3.[O-]c1ccccc1/C=N\NC(=S)N/N=C/c1ccccc1O.[O]=[Mo]. The van der Waals surface area contributed by atoms with Gasteiger partial charge in [-0.15, -0.1) is 11.4 Å². The van der Waals surface area contributed by atoms with Gasteiger partial charge in [-0.25, -0.2) is 0 Å². The van der Waals surface area contributed by atoms with E-state index in [1.807, 2.05) is 12.2 Å². The zero-order valence-electron chi connectivity index (χ0n) is 19.8. The molecule has 0 aromatic heterocycles. The normalized spacial score (nSPS) is 12.1. The van der Waals surface area contributed by atoms with Crippen molar-refractivity contribution in [3.63, 3.8) is 0 Å². The molecule has 192 valence electrons. The van der Waals surface area contributed by atoms with Crippen molar-refractivity contribution >= 4 is 53.3 Å². The van der Waals surface area contributed by atoms with E-state index >= 15 is 0 Å². The second-order valence-corrected chi connectivity index (χ2v) is 7.79. The van der Waals surface area contributed by atoms with Crippen molar-refractivity contribution in [2.75, 3.05) is 0 Å². The van der Waals surface area contributed by atoms with Gasteiger partial charge in [-0.1, -0.05) is 78.6 Å². The second-order valence-electron chi connectivity index (χ2n) is 7.38. The standard InChI is InChI=1S/C15H14N4O2S.C12H8N2.Mo.O/c20-13-7-3-1-5-11(13)9-16-18-15(22)19-17-10-12-6-2-4-8-14(12)21;1-3-9-5-6-10-4-2-8-14-12(10)11(9)13-7-1;;/h1-10,20-21H,(H2,18,19,22);1-8H;;/q;-2;;/p-1/b16-9-,17-10+;;;. The number of phenols is 1. The van der Waals surface area contributed by atoms with E-state index in [1.54, 1.807) is 54.9 Å². The molecule has 0 saturated carbocycles. The van der Waals surface area contributed by atoms with E-state index in [-0.39, 0.29) is 16.6 Å². The van der Waals surface area contributed by atoms with Crippen LogP contribution < -0.4 is 26.4 Å². The quantitative estimate of drug-likeness (QED) is 0.180. The van der Waals surface area contributed by atoms with Crippen LogP contribution in [0.1, 0.15) is 11.1 Å². The maximum absolute atomic E-state index is 11.4. The molecule has 0 aliphatic carbocycles. The Morgan fingerprint density at radius 3 is 1.87 bits per heavy atom. The van der Waals surface area contributed by atoms with E-state index in [0.717, 1.165) is 21.8 Å². The Hall–Kier alpha value is -4.40. The molecule has 0 atom stereocenters. The predicted octanol–water partition coefficient (Wildman–Crippen LogP) is 3.49. The van der Waals surface area contributed by atoms with Gasteiger partial charge < -0.3 is 20.8 Å². The Labute approximate surface area is 235 Å². The van der Waals surface area contributed by atoms with Crippen LogP contribution in [0, 0.1) is 0 Å². The molecular weight excluding hydrogens is 584 g/mol. The number of para-hydroxylation sites is 2. The Morgan fingerprint density at radius 2 is 1.32 bits per heavy atom. The minimum atomic E-state index is -0.121. The summed E-state index contributed by atoms with van der Waals surface area (Å²) in [5.74, 6) is 0.00139. The van der Waals surface area contributed by atoms with Crippen molar-refractivity contribution in [3.05, 3.63) is 117 Å². The van der Waals surface area contributed by atoms with Gasteiger partial charge in [-0.3, -0.25) is 10.9 Å². The fourth-order valence-corrected chi connectivity index (χ4v) is 3.31. The number of hydrogen-bond acceptors (Lipinski definition) is 6. The fraction of sp³-hybridized carbons (Fsp3) is 0. The molecule has 0 spiro atoms. The number of fused-ring (bicyclic) bond motifs is 3. The molecule has 0 unspecified atom stereocenters. The van der Waals surface area contributed by atoms with Crippen LogP contribution in [0.2, 0.25) is 0 Å². The number of aromatic hydroxyl groups is 1. The number of nitrogens with one attached hydrogen (secondary N) is 2. The third-order valence-electron chi connectivity index (χ3n) is 4.94. The monoisotopic (exact) mass is 607 g/mol. The van der Waals surface area contributed by atoms with Crippen molar-refractivity contribution in [2.45, 2.75) is 0 Å². The maximum atomic E-state index is 11.4. The molecule has 0 amide bonds. The van der Waals surface area contributed by atoms with E-state index in [0.29, 0.717) is 30.9 Å². The summed E-state index contributed by atoms with van der Waals surface area (Å²) in [6, 6.07) is 17.4. The van der Waals surface area contributed by atoms with Crippen molar-refractivity contribution in [2.24, 2.45) is 10.2 Å². The summed E-state index contributed by atoms with van der Waals surface area (Å²) in [5, 5.41) is 39.8. The van der Waals surface area contributed by atoms with Crippen LogP contribution in [-0.2, 0) is 23.2 Å². The summed E-state index contributed by atoms with van der Waals surface area (Å²) in [7, 11) is 0. The zero-order valence-corrected chi connectivity index (χ0v) is 22.6. The summed E-state index contributed by atoms with van der Waals surface area (Å²) >= 11 is 5.66. The molecule has 0 saturated heterocycles. The number of hydrogen-bond donors (Lipinski definition) is 3. The van der Waals surface area contributed by atoms with E-state index < -0.39 is 0 Å². The van der Waals surface area contributed by atoms with Gasteiger partial charge in [0.2, 0.25) is 5.11 Å². The average Bonchev–Trinajstić information content (AvgIpc) is 2.96. The predicted molar refractivity (Wildman–Crippen MR) is 148 cm³/mol. The van der Waals surface area contributed by atoms with E-state index in [4.69, 9.17) is 15.6 Å². The van der Waals surface area contributed by atoms with Crippen molar-refractivity contribution in [3.8, 4) is 11.5 Å². The van der Waals surface area contributed by atoms with Crippen LogP contribution in [0.25, 0.3) is 22.8 Å². The molecule has 38 heavy (non-hydrogen) atoms. The Bertz CT molecular complexity index is 1410. The molecule has 5 rings (SSSR count). The van der Waals surface area contributed by atoms with Gasteiger partial charge in [0.25, 0.3) is 0 Å². The summed E-state index contributed by atoms with van der Waals surface area (Å²) < 4.78 is 8.26. The number of rotatable bonds is 4. The van der Waals surface area contributed by atoms with Gasteiger partial charge >= 0.3 is 23.2 Å².